The molecule has 0 aliphatic carbocycles. The number of likely N-dealkylation sites (tertiary alicyclic amines) is 1. The van der Waals surface area contributed by atoms with E-state index in [0.717, 1.165) is 38.5 Å². The average molecular weight is 309 g/mol. The van der Waals surface area contributed by atoms with Gasteiger partial charge in [0, 0.05) is 31.4 Å². The normalized spacial score (nSPS) is 17.0. The van der Waals surface area contributed by atoms with Gasteiger partial charge in [-0.05, 0) is 31.0 Å². The zero-order valence-corrected chi connectivity index (χ0v) is 12.2. The first-order valence-electron chi connectivity index (χ1n) is 7.15. The zero-order chi connectivity index (χ0) is 16.2. The molecular weight excluding hydrogens is 291 g/mol. The molecule has 1 N–H and O–H groups in total. The summed E-state index contributed by atoms with van der Waals surface area (Å²) in [5, 5.41) is 11.8. The molecule has 1 saturated heterocycles. The van der Waals surface area contributed by atoms with Gasteiger partial charge in [-0.1, -0.05) is 6.08 Å². The lowest BCUT2D eigenvalue weighted by atomic mass is 10.0. The van der Waals surface area contributed by atoms with E-state index in [1.807, 2.05) is 6.08 Å². The molecule has 1 aromatic carbocycles. The Labute approximate surface area is 128 Å². The number of hydrogen-bond donors (Lipinski definition) is 1. The summed E-state index contributed by atoms with van der Waals surface area (Å²) in [6.45, 7) is 6.16. The number of anilines is 1. The quantitative estimate of drug-likeness (QED) is 0.863. The summed E-state index contributed by atoms with van der Waals surface area (Å²) < 4.78 is 39.3. The molecule has 118 valence electrons. The van der Waals surface area contributed by atoms with Crippen molar-refractivity contribution in [3.8, 4) is 6.07 Å². The van der Waals surface area contributed by atoms with Crippen molar-refractivity contribution < 1.29 is 13.2 Å². The van der Waals surface area contributed by atoms with Crippen LogP contribution < -0.4 is 5.32 Å². The van der Waals surface area contributed by atoms with E-state index in [4.69, 9.17) is 5.26 Å². The second-order valence-corrected chi connectivity index (χ2v) is 5.38. The van der Waals surface area contributed by atoms with Crippen LogP contribution in [0.2, 0.25) is 0 Å². The Balaban J connectivity index is 2.10. The summed E-state index contributed by atoms with van der Waals surface area (Å²) in [6, 6.07) is 5.41. The van der Waals surface area contributed by atoms with Gasteiger partial charge in [0.15, 0.2) is 0 Å². The molecular formula is C16H18F3N3. The Morgan fingerprint density at radius 2 is 2.05 bits per heavy atom. The molecule has 22 heavy (non-hydrogen) atoms. The molecule has 0 spiro atoms. The number of nitrogens with zero attached hydrogens (tertiary/aromatic N) is 2. The standard InChI is InChI=1S/C16H18F3N3/c1-2-7-22-8-5-13(6-9-22)21-15-4-3-12(11-20)10-14(15)16(17,18)19/h2-4,10,13,21H,1,5-9H2. The monoisotopic (exact) mass is 309 g/mol. The molecule has 1 aliphatic heterocycles. The first-order chi connectivity index (χ1) is 10.4. The van der Waals surface area contributed by atoms with Gasteiger partial charge < -0.3 is 5.32 Å². The molecule has 1 fully saturated rings. The van der Waals surface area contributed by atoms with Crippen LogP contribution in [-0.4, -0.2) is 30.6 Å². The summed E-state index contributed by atoms with van der Waals surface area (Å²) in [7, 11) is 0. The van der Waals surface area contributed by atoms with E-state index in [-0.39, 0.29) is 17.3 Å². The first kappa shape index (κ1) is 16.4. The number of piperidine rings is 1. The predicted molar refractivity (Wildman–Crippen MR) is 79.4 cm³/mol. The summed E-state index contributed by atoms with van der Waals surface area (Å²) in [6.07, 6.45) is -1.08. The SMILES string of the molecule is C=CCN1CCC(Nc2ccc(C#N)cc2C(F)(F)F)CC1. The lowest BCUT2D eigenvalue weighted by Gasteiger charge is -2.32. The molecule has 2 rings (SSSR count). The van der Waals surface area contributed by atoms with E-state index in [1.165, 1.54) is 12.1 Å². The topological polar surface area (TPSA) is 39.1 Å². The maximum atomic E-state index is 13.1. The number of nitrogens with one attached hydrogen (secondary N) is 1. The highest BCUT2D eigenvalue weighted by Crippen LogP contribution is 2.36. The van der Waals surface area contributed by atoms with Crippen molar-refractivity contribution in [1.82, 2.24) is 4.90 Å². The van der Waals surface area contributed by atoms with Crippen LogP contribution in [0, 0.1) is 11.3 Å². The lowest BCUT2D eigenvalue weighted by molar-refractivity contribution is -0.137. The second-order valence-electron chi connectivity index (χ2n) is 5.38. The van der Waals surface area contributed by atoms with Crippen LogP contribution in [-0.2, 0) is 6.18 Å². The van der Waals surface area contributed by atoms with Crippen molar-refractivity contribution in [2.24, 2.45) is 0 Å². The minimum Gasteiger partial charge on any atom is -0.382 e. The molecule has 0 radical (unpaired) electrons. The third kappa shape index (κ3) is 4.01. The molecule has 0 amide bonds. The highest BCUT2D eigenvalue weighted by Gasteiger charge is 2.34. The van der Waals surface area contributed by atoms with Crippen LogP contribution in [0.25, 0.3) is 0 Å². The number of halogens is 3. The Kier molecular flexibility index (Phi) is 5.09. The van der Waals surface area contributed by atoms with Crippen molar-refractivity contribution in [3.63, 3.8) is 0 Å². The van der Waals surface area contributed by atoms with Crippen LogP contribution in [0.3, 0.4) is 0 Å². The van der Waals surface area contributed by atoms with Gasteiger partial charge in [-0.25, -0.2) is 0 Å². The number of benzene rings is 1. The van der Waals surface area contributed by atoms with E-state index in [2.05, 4.69) is 16.8 Å². The third-order valence-electron chi connectivity index (χ3n) is 3.79. The van der Waals surface area contributed by atoms with Gasteiger partial charge in [0.1, 0.15) is 0 Å². The van der Waals surface area contributed by atoms with Crippen LogP contribution in [0.5, 0.6) is 0 Å². The summed E-state index contributed by atoms with van der Waals surface area (Å²) in [5.74, 6) is 0. The van der Waals surface area contributed by atoms with Gasteiger partial charge >= 0.3 is 6.18 Å². The largest absolute Gasteiger partial charge is 0.418 e. The fourth-order valence-corrected chi connectivity index (χ4v) is 2.64. The molecule has 0 atom stereocenters. The van der Waals surface area contributed by atoms with Gasteiger partial charge in [-0.3, -0.25) is 4.90 Å². The van der Waals surface area contributed by atoms with Gasteiger partial charge in [0.25, 0.3) is 0 Å². The van der Waals surface area contributed by atoms with Crippen molar-refractivity contribution in [3.05, 3.63) is 42.0 Å². The molecule has 6 heteroatoms. The fraction of sp³-hybridized carbons (Fsp3) is 0.438. The fourth-order valence-electron chi connectivity index (χ4n) is 2.64. The van der Waals surface area contributed by atoms with Gasteiger partial charge in [0.2, 0.25) is 0 Å². The smallest absolute Gasteiger partial charge is 0.382 e. The van der Waals surface area contributed by atoms with Gasteiger partial charge in [-0.15, -0.1) is 6.58 Å². The van der Waals surface area contributed by atoms with E-state index in [0.29, 0.717) is 0 Å². The van der Waals surface area contributed by atoms with E-state index < -0.39 is 11.7 Å². The van der Waals surface area contributed by atoms with E-state index in [1.54, 1.807) is 6.07 Å². The highest BCUT2D eigenvalue weighted by atomic mass is 19.4. The lowest BCUT2D eigenvalue weighted by Crippen LogP contribution is -2.39. The van der Waals surface area contributed by atoms with Crippen molar-refractivity contribution in [2.75, 3.05) is 25.0 Å². The summed E-state index contributed by atoms with van der Waals surface area (Å²) in [4.78, 5) is 2.22. The van der Waals surface area contributed by atoms with Gasteiger partial charge in [0.05, 0.1) is 17.2 Å². The molecule has 1 aliphatic rings. The second kappa shape index (κ2) is 6.84. The number of alkyl halides is 3. The highest BCUT2D eigenvalue weighted by molar-refractivity contribution is 5.56. The molecule has 0 saturated carbocycles. The van der Waals surface area contributed by atoms with E-state index in [9.17, 15) is 13.2 Å². The first-order valence-corrected chi connectivity index (χ1v) is 7.15. The molecule has 0 unspecified atom stereocenters. The van der Waals surface area contributed by atoms with Gasteiger partial charge in [-0.2, -0.15) is 18.4 Å². The maximum absolute atomic E-state index is 13.1. The Morgan fingerprint density at radius 3 is 2.59 bits per heavy atom. The van der Waals surface area contributed by atoms with Crippen LogP contribution in [0.4, 0.5) is 18.9 Å². The molecule has 1 heterocycles. The van der Waals surface area contributed by atoms with Crippen LogP contribution in [0.1, 0.15) is 24.0 Å². The third-order valence-corrected chi connectivity index (χ3v) is 3.79. The van der Waals surface area contributed by atoms with Crippen molar-refractivity contribution in [2.45, 2.75) is 25.1 Å². The minimum atomic E-state index is -4.47. The Morgan fingerprint density at radius 1 is 1.36 bits per heavy atom. The van der Waals surface area contributed by atoms with Crippen LogP contribution >= 0.6 is 0 Å². The predicted octanol–water partition coefficient (Wildman–Crippen LogP) is 3.64. The number of nitriles is 1. The Hall–Kier alpha value is -2.00. The van der Waals surface area contributed by atoms with Crippen molar-refractivity contribution in [1.29, 1.82) is 5.26 Å². The summed E-state index contributed by atoms with van der Waals surface area (Å²) in [5.41, 5.74) is -0.715. The zero-order valence-electron chi connectivity index (χ0n) is 12.2. The molecule has 3 nitrogen and oxygen atoms in total. The molecule has 0 bridgehead atoms. The number of hydrogen-bond acceptors (Lipinski definition) is 3. The molecule has 1 aromatic rings. The number of rotatable bonds is 4. The van der Waals surface area contributed by atoms with Crippen LogP contribution in [0.15, 0.2) is 30.9 Å². The minimum absolute atomic E-state index is 0.00935. The molecule has 0 aromatic heterocycles. The Bertz CT molecular complexity index is 567. The summed E-state index contributed by atoms with van der Waals surface area (Å²) >= 11 is 0. The van der Waals surface area contributed by atoms with Crippen molar-refractivity contribution >= 4 is 5.69 Å². The van der Waals surface area contributed by atoms with E-state index >= 15 is 0 Å². The average Bonchev–Trinajstić information content (AvgIpc) is 2.49. The maximum Gasteiger partial charge on any atom is 0.418 e.